The Balaban J connectivity index is 1.46. The zero-order valence-electron chi connectivity index (χ0n) is 20.7. The summed E-state index contributed by atoms with van der Waals surface area (Å²) in [6.07, 6.45) is 5.48. The molecule has 0 amide bonds. The minimum atomic E-state index is -0.812. The average Bonchev–Trinajstić information content (AvgIpc) is 2.90. The van der Waals surface area contributed by atoms with Crippen molar-refractivity contribution in [2.75, 3.05) is 46.2 Å². The van der Waals surface area contributed by atoms with Gasteiger partial charge in [-0.25, -0.2) is 9.59 Å². The van der Waals surface area contributed by atoms with Gasteiger partial charge in [0.15, 0.2) is 23.9 Å². The highest BCUT2D eigenvalue weighted by Crippen LogP contribution is 2.35. The van der Waals surface area contributed by atoms with E-state index in [9.17, 15) is 9.59 Å². The Kier molecular flexibility index (Phi) is 9.97. The van der Waals surface area contributed by atoms with Gasteiger partial charge in [-0.05, 0) is 63.6 Å². The Hall–Kier alpha value is -2.66. The fraction of sp³-hybridized carbons (Fsp3) is 0.615. The number of ether oxygens (including phenoxy) is 7. The lowest BCUT2D eigenvalue weighted by Gasteiger charge is -2.23. The maximum atomic E-state index is 12.5. The van der Waals surface area contributed by atoms with Gasteiger partial charge >= 0.3 is 11.6 Å². The summed E-state index contributed by atoms with van der Waals surface area (Å²) in [5.74, 6) is -0.0994. The van der Waals surface area contributed by atoms with Crippen LogP contribution in [0.5, 0.6) is 11.5 Å². The second-order valence-corrected chi connectivity index (χ2v) is 8.51. The number of carbonyl (C=O) groups is 1. The first kappa shape index (κ1) is 26.4. The molecule has 0 spiro atoms. The highest BCUT2D eigenvalue weighted by Gasteiger charge is 2.21. The van der Waals surface area contributed by atoms with Gasteiger partial charge in [0, 0.05) is 18.6 Å². The topological polar surface area (TPSA) is 112 Å². The maximum absolute atomic E-state index is 12.5. The molecule has 0 bridgehead atoms. The predicted octanol–water partition coefficient (Wildman–Crippen LogP) is 3.81. The average molecular weight is 507 g/mol. The van der Waals surface area contributed by atoms with E-state index in [1.54, 1.807) is 19.1 Å². The van der Waals surface area contributed by atoms with Crippen LogP contribution in [-0.2, 0) is 23.7 Å². The van der Waals surface area contributed by atoms with Crippen molar-refractivity contribution in [3.63, 3.8) is 0 Å². The summed E-state index contributed by atoms with van der Waals surface area (Å²) < 4.78 is 45.0. The predicted molar refractivity (Wildman–Crippen MR) is 129 cm³/mol. The van der Waals surface area contributed by atoms with Crippen LogP contribution >= 0.6 is 0 Å². The Labute approximate surface area is 209 Å². The van der Waals surface area contributed by atoms with Crippen LogP contribution in [0, 0.1) is 0 Å². The molecule has 3 heterocycles. The van der Waals surface area contributed by atoms with E-state index in [1.165, 1.54) is 6.07 Å². The van der Waals surface area contributed by atoms with Crippen LogP contribution in [0.15, 0.2) is 27.4 Å². The Morgan fingerprint density at radius 3 is 2.19 bits per heavy atom. The van der Waals surface area contributed by atoms with Gasteiger partial charge in [-0.2, -0.15) is 0 Å². The zero-order chi connectivity index (χ0) is 25.2. The van der Waals surface area contributed by atoms with Gasteiger partial charge in [0.25, 0.3) is 0 Å². The first-order valence-electron chi connectivity index (χ1n) is 12.7. The fourth-order valence-electron chi connectivity index (χ4n) is 4.08. The van der Waals surface area contributed by atoms with Crippen LogP contribution in [-0.4, -0.2) is 64.8 Å². The number of benzene rings is 1. The number of esters is 1. The van der Waals surface area contributed by atoms with Crippen LogP contribution in [0.2, 0.25) is 0 Å². The van der Waals surface area contributed by atoms with E-state index in [-0.39, 0.29) is 55.9 Å². The standard InChI is InChI=1S/C26H34O10/c1-2-29-25(27)19-17-18-9-10-20(30-13-14-33-21-7-3-5-11-31-21)24(23(18)36-26(19)28)35-16-15-34-22-8-4-6-12-32-22/h9-10,17,21-22H,2-8,11-16H2,1H3. The van der Waals surface area contributed by atoms with Gasteiger partial charge < -0.3 is 37.6 Å². The summed E-state index contributed by atoms with van der Waals surface area (Å²) in [5.41, 5.74) is -0.814. The van der Waals surface area contributed by atoms with E-state index in [1.807, 2.05) is 0 Å². The third kappa shape index (κ3) is 7.19. The van der Waals surface area contributed by atoms with Crippen LogP contribution in [0.25, 0.3) is 11.0 Å². The second kappa shape index (κ2) is 13.6. The molecule has 1 aromatic heterocycles. The molecule has 198 valence electrons. The van der Waals surface area contributed by atoms with Crippen molar-refractivity contribution in [3.05, 3.63) is 34.2 Å². The van der Waals surface area contributed by atoms with Crippen molar-refractivity contribution < 1.29 is 42.4 Å². The summed E-state index contributed by atoms with van der Waals surface area (Å²) in [4.78, 5) is 24.7. The van der Waals surface area contributed by atoms with E-state index in [4.69, 9.17) is 37.6 Å². The van der Waals surface area contributed by atoms with E-state index in [0.717, 1.165) is 38.5 Å². The number of hydrogen-bond acceptors (Lipinski definition) is 10. The minimum Gasteiger partial charge on any atom is -0.487 e. The summed E-state index contributed by atoms with van der Waals surface area (Å²) >= 11 is 0. The normalized spacial score (nSPS) is 20.2. The molecule has 2 aliphatic rings. The first-order chi connectivity index (χ1) is 17.7. The van der Waals surface area contributed by atoms with Gasteiger partial charge in [-0.3, -0.25) is 0 Å². The Morgan fingerprint density at radius 2 is 1.58 bits per heavy atom. The summed E-state index contributed by atoms with van der Waals surface area (Å²) in [7, 11) is 0. The molecular weight excluding hydrogens is 472 g/mol. The van der Waals surface area contributed by atoms with E-state index < -0.39 is 11.6 Å². The largest absolute Gasteiger partial charge is 0.487 e. The Bertz CT molecular complexity index is 1040. The number of hydrogen-bond donors (Lipinski definition) is 0. The molecule has 4 rings (SSSR count). The molecule has 2 fully saturated rings. The first-order valence-corrected chi connectivity index (χ1v) is 12.7. The smallest absolute Gasteiger partial charge is 0.351 e. The molecule has 0 N–H and O–H groups in total. The number of carbonyl (C=O) groups excluding carboxylic acids is 1. The lowest BCUT2D eigenvalue weighted by Crippen LogP contribution is -2.24. The highest BCUT2D eigenvalue weighted by molar-refractivity contribution is 5.94. The SMILES string of the molecule is CCOC(=O)c1cc2ccc(OCCOC3CCCCO3)c(OCCOC3CCCCO3)c2oc1=O. The summed E-state index contributed by atoms with van der Waals surface area (Å²) in [6, 6.07) is 4.83. The van der Waals surface area contributed by atoms with Gasteiger partial charge in [0.1, 0.15) is 18.8 Å². The van der Waals surface area contributed by atoms with Crippen molar-refractivity contribution in [2.24, 2.45) is 0 Å². The fourth-order valence-corrected chi connectivity index (χ4v) is 4.08. The lowest BCUT2D eigenvalue weighted by molar-refractivity contribution is -0.166. The second-order valence-electron chi connectivity index (χ2n) is 8.51. The summed E-state index contributed by atoms with van der Waals surface area (Å²) in [6.45, 7) is 4.26. The molecule has 2 aromatic rings. The molecule has 2 saturated heterocycles. The Morgan fingerprint density at radius 1 is 0.917 bits per heavy atom. The molecule has 0 radical (unpaired) electrons. The monoisotopic (exact) mass is 506 g/mol. The van der Waals surface area contributed by atoms with Crippen molar-refractivity contribution in [2.45, 2.75) is 58.0 Å². The van der Waals surface area contributed by atoms with Gasteiger partial charge in [0.05, 0.1) is 19.8 Å². The van der Waals surface area contributed by atoms with E-state index >= 15 is 0 Å². The number of rotatable bonds is 12. The zero-order valence-corrected chi connectivity index (χ0v) is 20.7. The van der Waals surface area contributed by atoms with Crippen molar-refractivity contribution in [1.29, 1.82) is 0 Å². The molecule has 36 heavy (non-hydrogen) atoms. The van der Waals surface area contributed by atoms with Gasteiger partial charge in [-0.15, -0.1) is 0 Å². The van der Waals surface area contributed by atoms with E-state index in [2.05, 4.69) is 0 Å². The third-order valence-corrected chi connectivity index (χ3v) is 5.87. The molecule has 10 nitrogen and oxygen atoms in total. The van der Waals surface area contributed by atoms with Crippen LogP contribution < -0.4 is 15.1 Å². The molecule has 0 aliphatic carbocycles. The maximum Gasteiger partial charge on any atom is 0.351 e. The quantitative estimate of drug-likeness (QED) is 0.239. The van der Waals surface area contributed by atoms with Crippen molar-refractivity contribution in [3.8, 4) is 11.5 Å². The van der Waals surface area contributed by atoms with Crippen molar-refractivity contribution >= 4 is 16.9 Å². The molecular formula is C26H34O10. The van der Waals surface area contributed by atoms with Crippen molar-refractivity contribution in [1.82, 2.24) is 0 Å². The van der Waals surface area contributed by atoms with E-state index in [0.29, 0.717) is 31.0 Å². The van der Waals surface area contributed by atoms with Gasteiger partial charge in [-0.1, -0.05) is 0 Å². The van der Waals surface area contributed by atoms with Crippen LogP contribution in [0.3, 0.4) is 0 Å². The molecule has 2 aliphatic heterocycles. The summed E-state index contributed by atoms with van der Waals surface area (Å²) in [5, 5.41) is 0.503. The van der Waals surface area contributed by atoms with Crippen LogP contribution in [0.4, 0.5) is 0 Å². The van der Waals surface area contributed by atoms with Gasteiger partial charge in [0.2, 0.25) is 5.75 Å². The molecule has 2 atom stereocenters. The molecule has 2 unspecified atom stereocenters. The third-order valence-electron chi connectivity index (χ3n) is 5.87. The molecule has 10 heteroatoms. The van der Waals surface area contributed by atoms with Crippen LogP contribution in [0.1, 0.15) is 55.8 Å². The lowest BCUT2D eigenvalue weighted by atomic mass is 10.1. The number of fused-ring (bicyclic) bond motifs is 1. The molecule has 1 aromatic carbocycles. The molecule has 0 saturated carbocycles. The minimum absolute atomic E-state index is 0.149. The highest BCUT2D eigenvalue weighted by atomic mass is 16.7.